The van der Waals surface area contributed by atoms with E-state index in [2.05, 4.69) is 0 Å². The molecule has 84 valence electrons. The molecule has 1 aliphatic rings. The summed E-state index contributed by atoms with van der Waals surface area (Å²) in [5.41, 5.74) is 0.687. The number of halogens is 5. The molecule has 0 fully saturated rings. The maximum Gasteiger partial charge on any atom is 0.186 e. The van der Waals surface area contributed by atoms with Crippen molar-refractivity contribution in [2.45, 2.75) is 5.38 Å². The summed E-state index contributed by atoms with van der Waals surface area (Å²) in [4.78, 5) is 11.8. The monoisotopic (exact) mass is 314 g/mol. The molecule has 0 spiro atoms. The Morgan fingerprint density at radius 1 is 1.06 bits per heavy atom. The van der Waals surface area contributed by atoms with Crippen LogP contribution in [0.5, 0.6) is 0 Å². The fraction of sp³-hybridized carbons (Fsp3) is 0.100. The number of ketones is 1. The number of fused-ring (bicyclic) bond motifs is 1. The number of Topliss-reactive ketones (excluding diaryl/α,β-unsaturated/α-hetero) is 1. The molecule has 1 nitrogen and oxygen atoms in total. The van der Waals surface area contributed by atoms with E-state index < -0.39 is 5.38 Å². The van der Waals surface area contributed by atoms with E-state index in [1.54, 1.807) is 0 Å². The molecule has 0 amide bonds. The van der Waals surface area contributed by atoms with Crippen molar-refractivity contribution in [3.8, 4) is 0 Å². The first kappa shape index (κ1) is 12.5. The molecule has 1 unspecified atom stereocenters. The Bertz CT molecular complexity index is 520. The molecule has 0 radical (unpaired) electrons. The van der Waals surface area contributed by atoms with Crippen molar-refractivity contribution < 1.29 is 4.79 Å². The lowest BCUT2D eigenvalue weighted by Crippen LogP contribution is -2.21. The van der Waals surface area contributed by atoms with Crippen LogP contribution in [0.2, 0.25) is 10.0 Å². The highest BCUT2D eigenvalue weighted by Crippen LogP contribution is 2.43. The third-order valence-corrected chi connectivity index (χ3v) is 4.47. The van der Waals surface area contributed by atoms with Crippen LogP contribution in [-0.4, -0.2) is 11.2 Å². The molecule has 6 heteroatoms. The number of hydrogen-bond donors (Lipinski definition) is 0. The van der Waals surface area contributed by atoms with Gasteiger partial charge in [-0.05, 0) is 12.1 Å². The number of carbonyl (C=O) groups is 1. The first-order valence-corrected chi connectivity index (χ1v) is 6.11. The quantitative estimate of drug-likeness (QED) is 0.619. The van der Waals surface area contributed by atoms with Crippen LogP contribution in [0.3, 0.4) is 0 Å². The normalized spacial score (nSPS) is 20.1. The number of carbonyl (C=O) groups excluding carboxylic acids is 1. The van der Waals surface area contributed by atoms with Crippen molar-refractivity contribution >= 4 is 68.8 Å². The van der Waals surface area contributed by atoms with Gasteiger partial charge in [0.1, 0.15) is 5.38 Å². The van der Waals surface area contributed by atoms with Crippen molar-refractivity contribution in [2.24, 2.45) is 0 Å². The van der Waals surface area contributed by atoms with Crippen LogP contribution >= 0.6 is 58.0 Å². The summed E-state index contributed by atoms with van der Waals surface area (Å²) >= 11 is 29.5. The summed E-state index contributed by atoms with van der Waals surface area (Å²) in [6.07, 6.45) is 0. The fourth-order valence-corrected chi connectivity index (χ4v) is 2.70. The third-order valence-electron chi connectivity index (χ3n) is 2.24. The van der Waals surface area contributed by atoms with E-state index in [-0.39, 0.29) is 20.9 Å². The van der Waals surface area contributed by atoms with Gasteiger partial charge in [-0.1, -0.05) is 46.4 Å². The van der Waals surface area contributed by atoms with Gasteiger partial charge in [0.15, 0.2) is 5.78 Å². The Hall–Kier alpha value is 0.0800. The lowest BCUT2D eigenvalue weighted by molar-refractivity contribution is 0.0996. The van der Waals surface area contributed by atoms with Gasteiger partial charge in [0.2, 0.25) is 0 Å². The first-order chi connectivity index (χ1) is 7.45. The molecule has 0 saturated heterocycles. The van der Waals surface area contributed by atoms with E-state index in [9.17, 15) is 4.79 Å². The Morgan fingerprint density at radius 2 is 1.69 bits per heavy atom. The topological polar surface area (TPSA) is 17.1 Å². The van der Waals surface area contributed by atoms with Gasteiger partial charge in [0.25, 0.3) is 0 Å². The molecule has 0 aromatic heterocycles. The molecule has 0 heterocycles. The standard InChI is InChI=1S/C10H3Cl5O/c11-4-2-1-3-5(6(4)12)7(13)8(14)9(15)10(3)16/h1-2,9H. The molecule has 16 heavy (non-hydrogen) atoms. The highest BCUT2D eigenvalue weighted by molar-refractivity contribution is 6.61. The SMILES string of the molecule is O=C1c2ccc(Cl)c(Cl)c2C(Cl)=C(Cl)C1Cl. The maximum atomic E-state index is 11.8. The van der Waals surface area contributed by atoms with Crippen LogP contribution in [-0.2, 0) is 0 Å². The minimum Gasteiger partial charge on any atom is -0.292 e. The zero-order valence-electron chi connectivity index (χ0n) is 7.53. The van der Waals surface area contributed by atoms with Crippen LogP contribution < -0.4 is 0 Å². The number of rotatable bonds is 0. The summed E-state index contributed by atoms with van der Waals surface area (Å²) in [6.45, 7) is 0. The largest absolute Gasteiger partial charge is 0.292 e. The lowest BCUT2D eigenvalue weighted by atomic mass is 9.95. The Morgan fingerprint density at radius 3 is 2.31 bits per heavy atom. The zero-order chi connectivity index (χ0) is 12.0. The van der Waals surface area contributed by atoms with Crippen molar-refractivity contribution in [3.05, 3.63) is 38.3 Å². The number of benzene rings is 1. The van der Waals surface area contributed by atoms with Crippen LogP contribution in [0.4, 0.5) is 0 Å². The molecule has 0 aliphatic heterocycles. The molecule has 1 aromatic rings. The molecular weight excluding hydrogens is 313 g/mol. The molecule has 1 atom stereocenters. The Labute approximate surface area is 117 Å². The van der Waals surface area contributed by atoms with Crippen molar-refractivity contribution in [1.29, 1.82) is 0 Å². The second kappa shape index (κ2) is 4.40. The predicted octanol–water partition coefficient (Wildman–Crippen LogP) is 4.94. The van der Waals surface area contributed by atoms with E-state index in [0.717, 1.165) is 0 Å². The van der Waals surface area contributed by atoms with Gasteiger partial charge >= 0.3 is 0 Å². The van der Waals surface area contributed by atoms with E-state index in [1.165, 1.54) is 12.1 Å². The minimum atomic E-state index is -0.959. The van der Waals surface area contributed by atoms with E-state index >= 15 is 0 Å². The van der Waals surface area contributed by atoms with Gasteiger partial charge in [-0.3, -0.25) is 4.79 Å². The average Bonchev–Trinajstić information content (AvgIpc) is 2.27. The van der Waals surface area contributed by atoms with Gasteiger partial charge in [0.05, 0.1) is 20.1 Å². The number of alkyl halides is 1. The molecule has 0 bridgehead atoms. The van der Waals surface area contributed by atoms with E-state index in [0.29, 0.717) is 16.1 Å². The highest BCUT2D eigenvalue weighted by atomic mass is 35.5. The summed E-state index contributed by atoms with van der Waals surface area (Å²) in [7, 11) is 0. The molecule has 2 rings (SSSR count). The second-order valence-electron chi connectivity index (χ2n) is 3.17. The van der Waals surface area contributed by atoms with Gasteiger partial charge in [0, 0.05) is 11.1 Å². The smallest absolute Gasteiger partial charge is 0.186 e. The minimum absolute atomic E-state index is 0.0741. The summed E-state index contributed by atoms with van der Waals surface area (Å²) in [6, 6.07) is 3.06. The van der Waals surface area contributed by atoms with Gasteiger partial charge in [-0.2, -0.15) is 0 Å². The van der Waals surface area contributed by atoms with Gasteiger partial charge < -0.3 is 0 Å². The molecule has 0 N–H and O–H groups in total. The van der Waals surface area contributed by atoms with Crippen LogP contribution in [0, 0.1) is 0 Å². The third kappa shape index (κ3) is 1.75. The second-order valence-corrected chi connectivity index (χ2v) is 5.18. The maximum absolute atomic E-state index is 11.8. The van der Waals surface area contributed by atoms with E-state index in [4.69, 9.17) is 58.0 Å². The van der Waals surface area contributed by atoms with E-state index in [1.807, 2.05) is 0 Å². The van der Waals surface area contributed by atoms with Crippen molar-refractivity contribution in [2.75, 3.05) is 0 Å². The summed E-state index contributed by atoms with van der Waals surface area (Å²) in [5, 5.41) is -0.198. The number of allylic oxidation sites excluding steroid dienone is 1. The van der Waals surface area contributed by atoms with Crippen LogP contribution in [0.15, 0.2) is 17.2 Å². The van der Waals surface area contributed by atoms with Crippen LogP contribution in [0.25, 0.3) is 5.03 Å². The molecule has 1 aliphatic carbocycles. The first-order valence-electron chi connectivity index (χ1n) is 4.17. The van der Waals surface area contributed by atoms with Gasteiger partial charge in [-0.25, -0.2) is 0 Å². The number of hydrogen-bond acceptors (Lipinski definition) is 1. The summed E-state index contributed by atoms with van der Waals surface area (Å²) in [5.74, 6) is -0.329. The van der Waals surface area contributed by atoms with Crippen molar-refractivity contribution in [1.82, 2.24) is 0 Å². The average molecular weight is 316 g/mol. The van der Waals surface area contributed by atoms with Crippen LogP contribution in [0.1, 0.15) is 15.9 Å². The van der Waals surface area contributed by atoms with Crippen molar-refractivity contribution in [3.63, 3.8) is 0 Å². The Kier molecular flexibility index (Phi) is 3.44. The molecule has 0 saturated carbocycles. The Balaban J connectivity index is 2.82. The fourth-order valence-electron chi connectivity index (χ4n) is 1.45. The molecular formula is C10H3Cl5O. The predicted molar refractivity (Wildman–Crippen MR) is 69.1 cm³/mol. The highest BCUT2D eigenvalue weighted by Gasteiger charge is 2.33. The van der Waals surface area contributed by atoms with Gasteiger partial charge in [-0.15, -0.1) is 11.6 Å². The zero-order valence-corrected chi connectivity index (χ0v) is 11.3. The molecule has 1 aromatic carbocycles. The summed E-state index contributed by atoms with van der Waals surface area (Å²) < 4.78 is 0. The lowest BCUT2D eigenvalue weighted by Gasteiger charge is -2.20.